The van der Waals surface area contributed by atoms with Crippen molar-refractivity contribution in [2.75, 3.05) is 6.54 Å². The minimum atomic E-state index is -0.468. The molecule has 0 amide bonds. The van der Waals surface area contributed by atoms with Crippen LogP contribution in [-0.2, 0) is 6.42 Å². The van der Waals surface area contributed by atoms with Crippen LogP contribution in [0.5, 0.6) is 0 Å². The SMILES string of the molecule is CCNC(Cc1ccc(F)c(Cl)c1)c1c(F)cccc1Cl. The van der Waals surface area contributed by atoms with Crippen LogP contribution in [0.15, 0.2) is 36.4 Å². The van der Waals surface area contributed by atoms with Crippen molar-refractivity contribution < 1.29 is 8.78 Å². The van der Waals surface area contributed by atoms with Crippen LogP contribution in [0.4, 0.5) is 8.78 Å². The summed E-state index contributed by atoms with van der Waals surface area (Å²) in [5, 5.41) is 3.63. The van der Waals surface area contributed by atoms with Crippen LogP contribution >= 0.6 is 23.2 Å². The topological polar surface area (TPSA) is 12.0 Å². The molecule has 1 nitrogen and oxygen atoms in total. The third-order valence-electron chi connectivity index (χ3n) is 3.22. The summed E-state index contributed by atoms with van der Waals surface area (Å²) in [6.45, 7) is 2.59. The lowest BCUT2D eigenvalue weighted by Crippen LogP contribution is -2.24. The molecular weight excluding hydrogens is 315 g/mol. The molecule has 2 rings (SSSR count). The van der Waals surface area contributed by atoms with Crippen LogP contribution in [0.1, 0.15) is 24.1 Å². The highest BCUT2D eigenvalue weighted by Gasteiger charge is 2.19. The van der Waals surface area contributed by atoms with Crippen molar-refractivity contribution in [3.05, 3.63) is 69.2 Å². The second kappa shape index (κ2) is 7.21. The fraction of sp³-hybridized carbons (Fsp3) is 0.250. The molecule has 2 aromatic carbocycles. The van der Waals surface area contributed by atoms with Gasteiger partial charge in [0, 0.05) is 16.6 Å². The molecule has 5 heteroatoms. The zero-order valence-corrected chi connectivity index (χ0v) is 13.0. The van der Waals surface area contributed by atoms with E-state index in [-0.39, 0.29) is 16.9 Å². The summed E-state index contributed by atoms with van der Waals surface area (Å²) >= 11 is 11.9. The normalized spacial score (nSPS) is 12.4. The summed E-state index contributed by atoms with van der Waals surface area (Å²) < 4.78 is 27.3. The van der Waals surface area contributed by atoms with Crippen molar-refractivity contribution in [3.8, 4) is 0 Å². The van der Waals surface area contributed by atoms with Crippen molar-refractivity contribution >= 4 is 23.2 Å². The second-order valence-corrected chi connectivity index (χ2v) is 5.51. The molecule has 0 aromatic heterocycles. The fourth-order valence-electron chi connectivity index (χ4n) is 2.27. The van der Waals surface area contributed by atoms with Gasteiger partial charge in [-0.05, 0) is 42.8 Å². The van der Waals surface area contributed by atoms with E-state index in [2.05, 4.69) is 5.32 Å². The predicted molar refractivity (Wildman–Crippen MR) is 82.9 cm³/mol. The van der Waals surface area contributed by atoms with Gasteiger partial charge in [0.15, 0.2) is 0 Å². The number of halogens is 4. The highest BCUT2D eigenvalue weighted by atomic mass is 35.5. The van der Waals surface area contributed by atoms with E-state index in [0.717, 1.165) is 5.56 Å². The van der Waals surface area contributed by atoms with Gasteiger partial charge in [-0.15, -0.1) is 0 Å². The Morgan fingerprint density at radius 1 is 1.05 bits per heavy atom. The van der Waals surface area contributed by atoms with Gasteiger partial charge in [0.05, 0.1) is 5.02 Å². The number of hydrogen-bond donors (Lipinski definition) is 1. The lowest BCUT2D eigenvalue weighted by Gasteiger charge is -2.20. The molecule has 0 aliphatic rings. The third kappa shape index (κ3) is 3.94. The quantitative estimate of drug-likeness (QED) is 0.798. The lowest BCUT2D eigenvalue weighted by molar-refractivity contribution is 0.510. The third-order valence-corrected chi connectivity index (χ3v) is 3.84. The van der Waals surface area contributed by atoms with E-state index < -0.39 is 5.82 Å². The predicted octanol–water partition coefficient (Wildman–Crippen LogP) is 5.16. The molecule has 0 fully saturated rings. The molecule has 1 atom stereocenters. The van der Waals surface area contributed by atoms with Gasteiger partial charge < -0.3 is 5.32 Å². The number of likely N-dealkylation sites (N-methyl/N-ethyl adjacent to an activating group) is 1. The first-order valence-electron chi connectivity index (χ1n) is 6.64. The molecule has 0 saturated heterocycles. The Morgan fingerprint density at radius 2 is 1.81 bits per heavy atom. The Labute approximate surface area is 132 Å². The molecule has 1 unspecified atom stereocenters. The van der Waals surface area contributed by atoms with E-state index in [1.54, 1.807) is 24.3 Å². The summed E-state index contributed by atoms with van der Waals surface area (Å²) in [5.74, 6) is -0.828. The molecule has 0 spiro atoms. The van der Waals surface area contributed by atoms with Gasteiger partial charge in [-0.25, -0.2) is 8.78 Å². The van der Waals surface area contributed by atoms with Crippen LogP contribution < -0.4 is 5.32 Å². The molecule has 0 saturated carbocycles. The van der Waals surface area contributed by atoms with Crippen LogP contribution in [-0.4, -0.2) is 6.54 Å². The maximum Gasteiger partial charge on any atom is 0.141 e. The number of nitrogens with one attached hydrogen (secondary N) is 1. The average molecular weight is 330 g/mol. The first-order chi connectivity index (χ1) is 10.0. The molecule has 112 valence electrons. The number of hydrogen-bond acceptors (Lipinski definition) is 1. The molecule has 0 radical (unpaired) electrons. The van der Waals surface area contributed by atoms with Crippen molar-refractivity contribution in [3.63, 3.8) is 0 Å². The smallest absolute Gasteiger partial charge is 0.141 e. The minimum Gasteiger partial charge on any atom is -0.310 e. The Hall–Kier alpha value is -1.16. The molecule has 0 heterocycles. The number of benzene rings is 2. The van der Waals surface area contributed by atoms with E-state index in [4.69, 9.17) is 23.2 Å². The maximum atomic E-state index is 14.1. The van der Waals surface area contributed by atoms with Crippen molar-refractivity contribution in [2.45, 2.75) is 19.4 Å². The molecule has 21 heavy (non-hydrogen) atoms. The summed E-state index contributed by atoms with van der Waals surface area (Å²) in [5.41, 5.74) is 1.23. The average Bonchev–Trinajstić information content (AvgIpc) is 2.43. The fourth-order valence-corrected chi connectivity index (χ4v) is 2.77. The monoisotopic (exact) mass is 329 g/mol. The lowest BCUT2D eigenvalue weighted by atomic mass is 9.98. The summed E-state index contributed by atoms with van der Waals surface area (Å²) in [7, 11) is 0. The van der Waals surface area contributed by atoms with Crippen molar-refractivity contribution in [1.82, 2.24) is 5.32 Å². The highest BCUT2D eigenvalue weighted by Crippen LogP contribution is 2.29. The zero-order chi connectivity index (χ0) is 15.4. The molecule has 1 N–H and O–H groups in total. The van der Waals surface area contributed by atoms with Gasteiger partial charge in [0.25, 0.3) is 0 Å². The highest BCUT2D eigenvalue weighted by molar-refractivity contribution is 6.31. The first kappa shape index (κ1) is 16.2. The summed E-state index contributed by atoms with van der Waals surface area (Å²) in [4.78, 5) is 0. The summed E-state index contributed by atoms with van der Waals surface area (Å²) in [6, 6.07) is 8.80. The Bertz CT molecular complexity index is 611. The maximum absolute atomic E-state index is 14.1. The zero-order valence-electron chi connectivity index (χ0n) is 11.5. The Kier molecular flexibility index (Phi) is 5.57. The standard InChI is InChI=1S/C16H15Cl2F2N/c1-2-21-15(16-11(17)4-3-5-14(16)20)9-10-6-7-13(19)12(18)8-10/h3-8,15,21H,2,9H2,1H3. The van der Waals surface area contributed by atoms with E-state index in [0.29, 0.717) is 23.6 Å². The Morgan fingerprint density at radius 3 is 2.43 bits per heavy atom. The largest absolute Gasteiger partial charge is 0.310 e. The van der Waals surface area contributed by atoms with Gasteiger partial charge in [0.1, 0.15) is 11.6 Å². The van der Waals surface area contributed by atoms with Crippen molar-refractivity contribution in [2.24, 2.45) is 0 Å². The molecule has 0 bridgehead atoms. The van der Waals surface area contributed by atoms with Gasteiger partial charge >= 0.3 is 0 Å². The minimum absolute atomic E-state index is 0.0578. The van der Waals surface area contributed by atoms with Crippen molar-refractivity contribution in [1.29, 1.82) is 0 Å². The molecule has 2 aromatic rings. The van der Waals surface area contributed by atoms with Gasteiger partial charge in [-0.1, -0.05) is 42.3 Å². The van der Waals surface area contributed by atoms with Crippen LogP contribution in [0, 0.1) is 11.6 Å². The molecule has 0 aliphatic heterocycles. The second-order valence-electron chi connectivity index (χ2n) is 4.70. The molecule has 0 aliphatic carbocycles. The van der Waals surface area contributed by atoms with E-state index in [9.17, 15) is 8.78 Å². The molecular formula is C16H15Cl2F2N. The van der Waals surface area contributed by atoms with Crippen LogP contribution in [0.3, 0.4) is 0 Å². The van der Waals surface area contributed by atoms with Gasteiger partial charge in [0.2, 0.25) is 0 Å². The number of rotatable bonds is 5. The van der Waals surface area contributed by atoms with Gasteiger partial charge in [-0.3, -0.25) is 0 Å². The first-order valence-corrected chi connectivity index (χ1v) is 7.39. The summed E-state index contributed by atoms with van der Waals surface area (Å²) in [6.07, 6.45) is 0.467. The van der Waals surface area contributed by atoms with E-state index in [1.165, 1.54) is 12.1 Å². The Balaban J connectivity index is 2.33. The van der Waals surface area contributed by atoms with Crippen LogP contribution in [0.2, 0.25) is 10.0 Å². The van der Waals surface area contributed by atoms with Gasteiger partial charge in [-0.2, -0.15) is 0 Å². The van der Waals surface area contributed by atoms with Crippen LogP contribution in [0.25, 0.3) is 0 Å². The van der Waals surface area contributed by atoms with E-state index in [1.807, 2.05) is 6.92 Å². The van der Waals surface area contributed by atoms with E-state index >= 15 is 0 Å².